The van der Waals surface area contributed by atoms with E-state index in [1.807, 2.05) is 13.8 Å². The number of hydrogen-bond acceptors (Lipinski definition) is 8. The SMILES string of the molecule is CC(C)CC(NC(=O)C(CS)NC(=O)C(CS)NC(=O)C(N)CCCCN)C(=O)O. The van der Waals surface area contributed by atoms with Gasteiger partial charge in [0, 0.05) is 11.5 Å². The Morgan fingerprint density at radius 1 is 0.867 bits per heavy atom. The number of carbonyl (C=O) groups is 4. The number of aliphatic carboxylic acids is 1. The Kier molecular flexibility index (Phi) is 14.6. The van der Waals surface area contributed by atoms with Crippen LogP contribution >= 0.6 is 25.3 Å². The summed E-state index contributed by atoms with van der Waals surface area (Å²) >= 11 is 8.14. The number of carboxylic acids is 1. The fraction of sp³-hybridized carbons (Fsp3) is 0.778. The van der Waals surface area contributed by atoms with Crippen molar-refractivity contribution < 1.29 is 24.3 Å². The van der Waals surface area contributed by atoms with Gasteiger partial charge in [0.1, 0.15) is 18.1 Å². The van der Waals surface area contributed by atoms with Crippen LogP contribution in [0.1, 0.15) is 39.5 Å². The van der Waals surface area contributed by atoms with Crippen molar-refractivity contribution in [2.75, 3.05) is 18.1 Å². The lowest BCUT2D eigenvalue weighted by molar-refractivity contribution is -0.142. The first-order valence-corrected chi connectivity index (χ1v) is 11.1. The zero-order chi connectivity index (χ0) is 23.3. The summed E-state index contributed by atoms with van der Waals surface area (Å²) in [6, 6.07) is -3.96. The Hall–Kier alpha value is -1.50. The number of rotatable bonds is 15. The first-order valence-electron chi connectivity index (χ1n) is 9.88. The number of nitrogens with two attached hydrogens (primary N) is 2. The van der Waals surface area contributed by atoms with E-state index in [-0.39, 0.29) is 23.8 Å². The van der Waals surface area contributed by atoms with E-state index >= 15 is 0 Å². The van der Waals surface area contributed by atoms with Gasteiger partial charge in [-0.25, -0.2) is 4.79 Å². The lowest BCUT2D eigenvalue weighted by atomic mass is 10.0. The molecule has 4 atom stereocenters. The molecular formula is C18H35N5O5S2. The van der Waals surface area contributed by atoms with Gasteiger partial charge >= 0.3 is 5.97 Å². The molecule has 0 fully saturated rings. The number of unbranched alkanes of at least 4 members (excludes halogenated alkanes) is 1. The summed E-state index contributed by atoms with van der Waals surface area (Å²) in [7, 11) is 0. The molecule has 30 heavy (non-hydrogen) atoms. The third kappa shape index (κ3) is 11.0. The summed E-state index contributed by atoms with van der Waals surface area (Å²) in [6.07, 6.45) is 2.10. The number of carboxylic acid groups (broad SMARTS) is 1. The standard InChI is InChI=1S/C18H35N5O5S2/c1-10(2)7-12(18(27)28)21-16(25)14(9-30)23-17(26)13(8-29)22-15(24)11(20)5-3-4-6-19/h10-14,29-30H,3-9,19-20H2,1-2H3,(H,21,25)(H,22,24)(H,23,26)(H,27,28). The molecule has 0 rings (SSSR count). The third-order valence-corrected chi connectivity index (χ3v) is 4.99. The van der Waals surface area contributed by atoms with Gasteiger partial charge in [0.25, 0.3) is 0 Å². The minimum Gasteiger partial charge on any atom is -0.480 e. The molecule has 0 heterocycles. The molecular weight excluding hydrogens is 430 g/mol. The van der Waals surface area contributed by atoms with Gasteiger partial charge in [0.2, 0.25) is 17.7 Å². The summed E-state index contributed by atoms with van der Waals surface area (Å²) in [4.78, 5) is 48.4. The van der Waals surface area contributed by atoms with Crippen LogP contribution in [-0.2, 0) is 19.2 Å². The molecule has 4 unspecified atom stereocenters. The van der Waals surface area contributed by atoms with Gasteiger partial charge in [0.15, 0.2) is 0 Å². The van der Waals surface area contributed by atoms with Crippen LogP contribution in [-0.4, -0.2) is 71.0 Å². The fourth-order valence-electron chi connectivity index (χ4n) is 2.54. The Morgan fingerprint density at radius 3 is 1.73 bits per heavy atom. The van der Waals surface area contributed by atoms with Crippen LogP contribution in [0.15, 0.2) is 0 Å². The molecule has 0 aliphatic rings. The quantitative estimate of drug-likeness (QED) is 0.112. The van der Waals surface area contributed by atoms with E-state index in [9.17, 15) is 24.3 Å². The van der Waals surface area contributed by atoms with E-state index in [1.54, 1.807) is 0 Å². The topological polar surface area (TPSA) is 177 Å². The average molecular weight is 466 g/mol. The second-order valence-electron chi connectivity index (χ2n) is 7.41. The predicted molar refractivity (Wildman–Crippen MR) is 121 cm³/mol. The number of nitrogens with one attached hydrogen (secondary N) is 3. The van der Waals surface area contributed by atoms with Gasteiger partial charge in [-0.05, 0) is 31.7 Å². The van der Waals surface area contributed by atoms with Crippen molar-refractivity contribution >= 4 is 48.9 Å². The minimum absolute atomic E-state index is 0.0148. The minimum atomic E-state index is -1.16. The first kappa shape index (κ1) is 28.5. The largest absolute Gasteiger partial charge is 0.480 e. The fourth-order valence-corrected chi connectivity index (χ4v) is 3.06. The van der Waals surface area contributed by atoms with Gasteiger partial charge < -0.3 is 32.5 Å². The van der Waals surface area contributed by atoms with Crippen molar-refractivity contribution in [2.24, 2.45) is 17.4 Å². The van der Waals surface area contributed by atoms with Gasteiger partial charge in [0.05, 0.1) is 6.04 Å². The highest BCUT2D eigenvalue weighted by Gasteiger charge is 2.29. The maximum absolute atomic E-state index is 12.5. The molecule has 0 aliphatic carbocycles. The van der Waals surface area contributed by atoms with Crippen LogP contribution in [0.4, 0.5) is 0 Å². The monoisotopic (exact) mass is 465 g/mol. The van der Waals surface area contributed by atoms with E-state index < -0.39 is 47.9 Å². The van der Waals surface area contributed by atoms with Crippen LogP contribution in [0.3, 0.4) is 0 Å². The molecule has 8 N–H and O–H groups in total. The van der Waals surface area contributed by atoms with Gasteiger partial charge in [-0.3, -0.25) is 14.4 Å². The van der Waals surface area contributed by atoms with Crippen LogP contribution in [0.25, 0.3) is 0 Å². The molecule has 0 aliphatic heterocycles. The highest BCUT2D eigenvalue weighted by molar-refractivity contribution is 7.80. The maximum atomic E-state index is 12.5. The smallest absolute Gasteiger partial charge is 0.326 e. The number of carbonyl (C=O) groups excluding carboxylic acids is 3. The van der Waals surface area contributed by atoms with E-state index in [2.05, 4.69) is 41.2 Å². The lowest BCUT2D eigenvalue weighted by Crippen LogP contribution is -2.58. The molecule has 0 saturated heterocycles. The second-order valence-corrected chi connectivity index (χ2v) is 8.14. The lowest BCUT2D eigenvalue weighted by Gasteiger charge is -2.24. The average Bonchev–Trinajstić information content (AvgIpc) is 2.68. The van der Waals surface area contributed by atoms with E-state index in [1.165, 1.54) is 0 Å². The van der Waals surface area contributed by atoms with Crippen LogP contribution < -0.4 is 27.4 Å². The highest BCUT2D eigenvalue weighted by Crippen LogP contribution is 2.06. The Bertz CT molecular complexity index is 579. The Morgan fingerprint density at radius 2 is 1.33 bits per heavy atom. The van der Waals surface area contributed by atoms with Crippen molar-refractivity contribution in [3.05, 3.63) is 0 Å². The van der Waals surface area contributed by atoms with Crippen LogP contribution in [0.5, 0.6) is 0 Å². The van der Waals surface area contributed by atoms with E-state index in [4.69, 9.17) is 11.5 Å². The normalized spacial score (nSPS) is 15.0. The summed E-state index contributed by atoms with van der Waals surface area (Å²) in [5, 5.41) is 16.7. The third-order valence-electron chi connectivity index (χ3n) is 4.26. The molecule has 0 radical (unpaired) electrons. The predicted octanol–water partition coefficient (Wildman–Crippen LogP) is -1.11. The van der Waals surface area contributed by atoms with E-state index in [0.29, 0.717) is 19.4 Å². The number of hydrogen-bond donors (Lipinski definition) is 8. The summed E-state index contributed by atoms with van der Waals surface area (Å²) in [6.45, 7) is 4.17. The van der Waals surface area contributed by atoms with Crippen molar-refractivity contribution in [3.63, 3.8) is 0 Å². The first-order chi connectivity index (χ1) is 14.1. The molecule has 0 aromatic rings. The zero-order valence-electron chi connectivity index (χ0n) is 17.5. The second kappa shape index (κ2) is 15.3. The van der Waals surface area contributed by atoms with Crippen LogP contribution in [0, 0.1) is 5.92 Å². The van der Waals surface area contributed by atoms with Gasteiger partial charge in [-0.1, -0.05) is 20.3 Å². The Labute approximate surface area is 188 Å². The number of amides is 3. The number of thiol groups is 2. The van der Waals surface area contributed by atoms with Crippen LogP contribution in [0.2, 0.25) is 0 Å². The zero-order valence-corrected chi connectivity index (χ0v) is 19.3. The molecule has 0 bridgehead atoms. The molecule has 3 amide bonds. The maximum Gasteiger partial charge on any atom is 0.326 e. The van der Waals surface area contributed by atoms with Crippen molar-refractivity contribution in [3.8, 4) is 0 Å². The van der Waals surface area contributed by atoms with E-state index in [0.717, 1.165) is 6.42 Å². The van der Waals surface area contributed by atoms with Crippen molar-refractivity contribution in [2.45, 2.75) is 63.7 Å². The molecule has 174 valence electrons. The molecule has 0 saturated carbocycles. The highest BCUT2D eigenvalue weighted by atomic mass is 32.1. The van der Waals surface area contributed by atoms with Gasteiger partial charge in [-0.2, -0.15) is 25.3 Å². The summed E-state index contributed by atoms with van der Waals surface area (Å²) in [5.74, 6) is -3.00. The summed E-state index contributed by atoms with van der Waals surface area (Å²) in [5.41, 5.74) is 11.2. The molecule has 12 heteroatoms. The van der Waals surface area contributed by atoms with Gasteiger partial charge in [-0.15, -0.1) is 0 Å². The summed E-state index contributed by atoms with van der Waals surface area (Å²) < 4.78 is 0. The molecule has 0 spiro atoms. The molecule has 0 aromatic carbocycles. The Balaban J connectivity index is 4.90. The molecule has 0 aromatic heterocycles. The molecule has 10 nitrogen and oxygen atoms in total. The van der Waals surface area contributed by atoms with Crippen molar-refractivity contribution in [1.82, 2.24) is 16.0 Å². The van der Waals surface area contributed by atoms with Crippen molar-refractivity contribution in [1.29, 1.82) is 0 Å².